The highest BCUT2D eigenvalue weighted by Crippen LogP contribution is 2.21. The lowest BCUT2D eigenvalue weighted by atomic mass is 9.96. The van der Waals surface area contributed by atoms with Gasteiger partial charge in [-0.3, -0.25) is 14.6 Å². The van der Waals surface area contributed by atoms with Crippen LogP contribution in [0.5, 0.6) is 0 Å². The third-order valence-electron chi connectivity index (χ3n) is 3.78. The van der Waals surface area contributed by atoms with Gasteiger partial charge in [0.25, 0.3) is 5.91 Å². The topological polar surface area (TPSA) is 66.4 Å². The van der Waals surface area contributed by atoms with E-state index in [1.54, 1.807) is 4.90 Å². The molecule has 126 valence electrons. The molecule has 1 aliphatic rings. The first-order chi connectivity index (χ1) is 10.9. The predicted octanol–water partition coefficient (Wildman–Crippen LogP) is 1.69. The van der Waals surface area contributed by atoms with Gasteiger partial charge in [-0.15, -0.1) is 0 Å². The predicted molar refractivity (Wildman–Crippen MR) is 87.7 cm³/mol. The van der Waals surface area contributed by atoms with E-state index >= 15 is 0 Å². The van der Waals surface area contributed by atoms with Gasteiger partial charge in [0.2, 0.25) is 5.91 Å². The number of aromatic nitrogens is 2. The molecule has 1 aliphatic heterocycles. The van der Waals surface area contributed by atoms with E-state index in [9.17, 15) is 9.59 Å². The Kier molecular flexibility index (Phi) is 5.69. The molecular formula is C17H26N4O2. The van der Waals surface area contributed by atoms with Crippen LogP contribution in [0, 0.1) is 17.8 Å². The van der Waals surface area contributed by atoms with Crippen molar-refractivity contribution in [1.29, 1.82) is 0 Å². The third-order valence-corrected chi connectivity index (χ3v) is 3.78. The second-order valence-electron chi connectivity index (χ2n) is 7.03. The molecule has 2 rings (SSSR count). The first kappa shape index (κ1) is 17.4. The zero-order chi connectivity index (χ0) is 17.0. The number of nitrogens with zero attached hydrogens (tertiary/aromatic N) is 4. The Morgan fingerprint density at radius 1 is 1.17 bits per heavy atom. The van der Waals surface area contributed by atoms with Gasteiger partial charge < -0.3 is 9.80 Å². The summed E-state index contributed by atoms with van der Waals surface area (Å²) in [6.45, 7) is 11.0. The van der Waals surface area contributed by atoms with Crippen LogP contribution in [0.25, 0.3) is 0 Å². The second kappa shape index (κ2) is 7.53. The summed E-state index contributed by atoms with van der Waals surface area (Å²) < 4.78 is 0. The molecule has 0 N–H and O–H groups in total. The Labute approximate surface area is 137 Å². The minimum absolute atomic E-state index is 0.0897. The monoisotopic (exact) mass is 318 g/mol. The van der Waals surface area contributed by atoms with Crippen molar-refractivity contribution in [1.82, 2.24) is 19.8 Å². The Morgan fingerprint density at radius 2 is 1.78 bits per heavy atom. The van der Waals surface area contributed by atoms with Crippen LogP contribution in [-0.2, 0) is 4.79 Å². The average Bonchev–Trinajstić information content (AvgIpc) is 2.44. The lowest BCUT2D eigenvalue weighted by Crippen LogP contribution is -2.57. The first-order valence-corrected chi connectivity index (χ1v) is 8.22. The van der Waals surface area contributed by atoms with Crippen LogP contribution in [0.3, 0.4) is 0 Å². The van der Waals surface area contributed by atoms with Crippen LogP contribution in [-0.4, -0.2) is 57.8 Å². The van der Waals surface area contributed by atoms with E-state index < -0.39 is 0 Å². The van der Waals surface area contributed by atoms with Crippen LogP contribution >= 0.6 is 0 Å². The van der Waals surface area contributed by atoms with Gasteiger partial charge >= 0.3 is 0 Å². The van der Waals surface area contributed by atoms with E-state index in [0.717, 1.165) is 13.1 Å². The number of amides is 2. The quantitative estimate of drug-likeness (QED) is 0.800. The zero-order valence-corrected chi connectivity index (χ0v) is 14.4. The number of hydrogen-bond donors (Lipinski definition) is 0. The summed E-state index contributed by atoms with van der Waals surface area (Å²) in [5.41, 5.74) is 0.333. The lowest BCUT2D eigenvalue weighted by molar-refractivity contribution is -0.141. The van der Waals surface area contributed by atoms with E-state index in [2.05, 4.69) is 37.7 Å². The van der Waals surface area contributed by atoms with Gasteiger partial charge in [-0.2, -0.15) is 0 Å². The number of carbonyl (C=O) groups is 2. The highest BCUT2D eigenvalue weighted by molar-refractivity contribution is 5.94. The molecule has 6 heteroatoms. The fourth-order valence-electron chi connectivity index (χ4n) is 2.77. The Bertz CT molecular complexity index is 529. The SMILES string of the molecule is CC(C)CN(CC(C)C)C(=O)C1CN(C(=O)c2cnccn2)C1. The molecule has 0 spiro atoms. The largest absolute Gasteiger partial charge is 0.342 e. The summed E-state index contributed by atoms with van der Waals surface area (Å²) in [6, 6.07) is 0. The Hall–Kier alpha value is -1.98. The zero-order valence-electron chi connectivity index (χ0n) is 14.4. The smallest absolute Gasteiger partial charge is 0.274 e. The first-order valence-electron chi connectivity index (χ1n) is 8.22. The molecule has 2 heterocycles. The van der Waals surface area contributed by atoms with Gasteiger partial charge in [-0.25, -0.2) is 4.98 Å². The number of hydrogen-bond acceptors (Lipinski definition) is 4. The number of carbonyl (C=O) groups excluding carboxylic acids is 2. The van der Waals surface area contributed by atoms with Crippen LogP contribution in [0.4, 0.5) is 0 Å². The average molecular weight is 318 g/mol. The van der Waals surface area contributed by atoms with Crippen molar-refractivity contribution in [3.05, 3.63) is 24.3 Å². The highest BCUT2D eigenvalue weighted by Gasteiger charge is 2.38. The number of rotatable bonds is 6. The van der Waals surface area contributed by atoms with Gasteiger partial charge in [0.1, 0.15) is 5.69 Å². The molecule has 1 saturated heterocycles. The molecule has 6 nitrogen and oxygen atoms in total. The van der Waals surface area contributed by atoms with Crippen molar-refractivity contribution >= 4 is 11.8 Å². The third kappa shape index (κ3) is 4.50. The second-order valence-corrected chi connectivity index (χ2v) is 7.03. The lowest BCUT2D eigenvalue weighted by Gasteiger charge is -2.41. The van der Waals surface area contributed by atoms with Gasteiger partial charge in [0, 0.05) is 38.6 Å². The minimum Gasteiger partial charge on any atom is -0.342 e. The maximum atomic E-state index is 12.7. The van der Waals surface area contributed by atoms with Crippen LogP contribution < -0.4 is 0 Å². The molecular weight excluding hydrogens is 292 g/mol. The molecule has 2 amide bonds. The van der Waals surface area contributed by atoms with Crippen LogP contribution in [0.1, 0.15) is 38.2 Å². The Balaban J connectivity index is 1.91. The number of likely N-dealkylation sites (tertiary alicyclic amines) is 1. The molecule has 0 atom stereocenters. The molecule has 0 radical (unpaired) electrons. The summed E-state index contributed by atoms with van der Waals surface area (Å²) in [4.78, 5) is 36.4. The molecule has 0 aliphatic carbocycles. The molecule has 23 heavy (non-hydrogen) atoms. The van der Waals surface area contributed by atoms with Crippen LogP contribution in [0.2, 0.25) is 0 Å². The Morgan fingerprint density at radius 3 is 2.26 bits per heavy atom. The molecule has 0 unspecified atom stereocenters. The van der Waals surface area contributed by atoms with E-state index in [1.807, 2.05) is 4.90 Å². The summed E-state index contributed by atoms with van der Waals surface area (Å²) in [5.74, 6) is 0.801. The van der Waals surface area contributed by atoms with Crippen molar-refractivity contribution in [3.63, 3.8) is 0 Å². The molecule has 1 fully saturated rings. The fourth-order valence-corrected chi connectivity index (χ4v) is 2.77. The molecule has 1 aromatic heterocycles. The molecule has 0 bridgehead atoms. The highest BCUT2D eigenvalue weighted by atomic mass is 16.2. The van der Waals surface area contributed by atoms with Crippen LogP contribution in [0.15, 0.2) is 18.6 Å². The maximum absolute atomic E-state index is 12.7. The van der Waals surface area contributed by atoms with Crippen molar-refractivity contribution in [2.45, 2.75) is 27.7 Å². The van der Waals surface area contributed by atoms with Gasteiger partial charge in [-0.05, 0) is 11.8 Å². The van der Waals surface area contributed by atoms with Gasteiger partial charge in [0.15, 0.2) is 0 Å². The van der Waals surface area contributed by atoms with E-state index in [4.69, 9.17) is 0 Å². The molecule has 0 aromatic carbocycles. The van der Waals surface area contributed by atoms with E-state index in [-0.39, 0.29) is 17.7 Å². The van der Waals surface area contributed by atoms with Crippen molar-refractivity contribution in [2.75, 3.05) is 26.2 Å². The van der Waals surface area contributed by atoms with E-state index in [1.165, 1.54) is 18.6 Å². The standard InChI is InChI=1S/C17H26N4O2/c1-12(2)8-20(9-13(3)4)16(22)14-10-21(11-14)17(23)15-7-18-5-6-19-15/h5-7,12-14H,8-11H2,1-4H3. The normalized spacial score (nSPS) is 15.0. The van der Waals surface area contributed by atoms with Gasteiger partial charge in [-0.1, -0.05) is 27.7 Å². The fraction of sp³-hybridized carbons (Fsp3) is 0.647. The summed E-state index contributed by atoms with van der Waals surface area (Å²) in [5, 5.41) is 0. The van der Waals surface area contributed by atoms with E-state index in [0.29, 0.717) is 30.6 Å². The van der Waals surface area contributed by atoms with Crippen molar-refractivity contribution < 1.29 is 9.59 Å². The summed E-state index contributed by atoms with van der Waals surface area (Å²) >= 11 is 0. The summed E-state index contributed by atoms with van der Waals surface area (Å²) in [7, 11) is 0. The maximum Gasteiger partial charge on any atom is 0.274 e. The van der Waals surface area contributed by atoms with Crippen molar-refractivity contribution in [3.8, 4) is 0 Å². The summed E-state index contributed by atoms with van der Waals surface area (Å²) in [6.07, 6.45) is 4.50. The minimum atomic E-state index is -0.151. The molecule has 0 saturated carbocycles. The van der Waals surface area contributed by atoms with Gasteiger partial charge in [0.05, 0.1) is 12.1 Å². The molecule has 1 aromatic rings. The van der Waals surface area contributed by atoms with Crippen molar-refractivity contribution in [2.24, 2.45) is 17.8 Å².